The lowest BCUT2D eigenvalue weighted by atomic mass is 9.85. The van der Waals surface area contributed by atoms with Crippen LogP contribution in [0.4, 0.5) is 0 Å². The third-order valence-corrected chi connectivity index (χ3v) is 13.3. The zero-order chi connectivity index (χ0) is 45.7. The third kappa shape index (κ3) is 7.16. The Hall–Kier alpha value is -9.19. The SMILES string of the molecule is c1ccc(-c2nc(Cc3cc(-c4c(-c5ccccc5)cccc4-c4ccccc4)ccc3-c3ccc4oc5ccc6c7ccccc7n(-c7ccccc7)c6c5c4c3)nc(-c3ccccc3)n2)cc1. The fourth-order valence-corrected chi connectivity index (χ4v) is 10.2. The Labute approximate surface area is 399 Å². The van der Waals surface area contributed by atoms with Gasteiger partial charge >= 0.3 is 0 Å². The molecule has 0 aliphatic carbocycles. The van der Waals surface area contributed by atoms with E-state index in [0.717, 1.165) is 94.3 Å². The van der Waals surface area contributed by atoms with E-state index in [9.17, 15) is 0 Å². The molecule has 0 bridgehead atoms. The largest absolute Gasteiger partial charge is 0.456 e. The molecule has 0 saturated heterocycles. The van der Waals surface area contributed by atoms with E-state index in [1.165, 1.54) is 16.3 Å². The van der Waals surface area contributed by atoms with Crippen molar-refractivity contribution in [3.63, 3.8) is 0 Å². The van der Waals surface area contributed by atoms with Gasteiger partial charge < -0.3 is 8.98 Å². The molecule has 0 unspecified atom stereocenters. The summed E-state index contributed by atoms with van der Waals surface area (Å²) in [7, 11) is 0. The van der Waals surface area contributed by atoms with Crippen LogP contribution in [-0.4, -0.2) is 19.5 Å². The van der Waals surface area contributed by atoms with E-state index in [1.54, 1.807) is 0 Å². The van der Waals surface area contributed by atoms with Crippen molar-refractivity contribution in [2.45, 2.75) is 6.42 Å². The molecule has 0 atom stereocenters. The van der Waals surface area contributed by atoms with Crippen molar-refractivity contribution in [1.29, 1.82) is 0 Å². The molecule has 69 heavy (non-hydrogen) atoms. The fourth-order valence-electron chi connectivity index (χ4n) is 10.2. The van der Waals surface area contributed by atoms with E-state index in [-0.39, 0.29) is 0 Å². The molecule has 5 nitrogen and oxygen atoms in total. The molecule has 13 aromatic rings. The van der Waals surface area contributed by atoms with Crippen molar-refractivity contribution in [2.75, 3.05) is 0 Å². The predicted molar refractivity (Wildman–Crippen MR) is 283 cm³/mol. The van der Waals surface area contributed by atoms with Gasteiger partial charge in [-0.1, -0.05) is 200 Å². The summed E-state index contributed by atoms with van der Waals surface area (Å²) in [5, 5.41) is 4.53. The van der Waals surface area contributed by atoms with Gasteiger partial charge in [-0.05, 0) is 92.5 Å². The molecule has 10 aromatic carbocycles. The number of aromatic nitrogens is 4. The van der Waals surface area contributed by atoms with Crippen LogP contribution in [0.15, 0.2) is 247 Å². The summed E-state index contributed by atoms with van der Waals surface area (Å²) >= 11 is 0. The lowest BCUT2D eigenvalue weighted by molar-refractivity contribution is 0.669. The van der Waals surface area contributed by atoms with Crippen molar-refractivity contribution in [3.05, 3.63) is 254 Å². The highest BCUT2D eigenvalue weighted by Gasteiger charge is 2.22. The second-order valence-corrected chi connectivity index (χ2v) is 17.5. The van der Waals surface area contributed by atoms with Crippen LogP contribution in [0.25, 0.3) is 117 Å². The third-order valence-electron chi connectivity index (χ3n) is 13.3. The molecule has 0 radical (unpaired) electrons. The topological polar surface area (TPSA) is 56.7 Å². The van der Waals surface area contributed by atoms with E-state index in [2.05, 4.69) is 211 Å². The normalized spacial score (nSPS) is 11.5. The number of furan rings is 1. The van der Waals surface area contributed by atoms with Crippen molar-refractivity contribution in [3.8, 4) is 73.0 Å². The summed E-state index contributed by atoms with van der Waals surface area (Å²) in [5.74, 6) is 1.97. The molecule has 3 aromatic heterocycles. The van der Waals surface area contributed by atoms with Gasteiger partial charge in [0.2, 0.25) is 0 Å². The van der Waals surface area contributed by atoms with Crippen molar-refractivity contribution >= 4 is 43.7 Å². The smallest absolute Gasteiger partial charge is 0.163 e. The van der Waals surface area contributed by atoms with Crippen LogP contribution in [0.5, 0.6) is 0 Å². The predicted octanol–water partition coefficient (Wildman–Crippen LogP) is 16.5. The van der Waals surface area contributed by atoms with Crippen LogP contribution in [0, 0.1) is 0 Å². The quantitative estimate of drug-likeness (QED) is 0.145. The van der Waals surface area contributed by atoms with E-state index < -0.39 is 0 Å². The highest BCUT2D eigenvalue weighted by atomic mass is 16.3. The molecule has 0 spiro atoms. The standard InChI is InChI=1S/C64H42N4O/c1-6-19-42(20-7-1)51-30-18-31-52(43-21-8-2-9-22-43)60(51)47-33-35-50(48(39-47)41-59-65-63(44-23-10-3-11-24-44)67-64(66-59)45-25-12-4-13-26-45)46-34-37-57-55(40-46)61-58(69-57)38-36-54-53-29-16-17-32-56(53)68(62(54)61)49-27-14-5-15-28-49/h1-40H,41H2. The highest BCUT2D eigenvalue weighted by Crippen LogP contribution is 2.45. The summed E-state index contributed by atoms with van der Waals surface area (Å²) in [5.41, 5.74) is 17.1. The van der Waals surface area contributed by atoms with Gasteiger partial charge in [-0.25, -0.2) is 15.0 Å². The van der Waals surface area contributed by atoms with Gasteiger partial charge in [-0.3, -0.25) is 0 Å². The lowest BCUT2D eigenvalue weighted by Crippen LogP contribution is -2.05. The van der Waals surface area contributed by atoms with Gasteiger partial charge in [0.15, 0.2) is 11.6 Å². The number of para-hydroxylation sites is 2. The van der Waals surface area contributed by atoms with E-state index >= 15 is 0 Å². The lowest BCUT2D eigenvalue weighted by Gasteiger charge is -2.19. The van der Waals surface area contributed by atoms with Crippen molar-refractivity contribution in [2.24, 2.45) is 0 Å². The van der Waals surface area contributed by atoms with Crippen LogP contribution >= 0.6 is 0 Å². The minimum Gasteiger partial charge on any atom is -0.456 e. The maximum absolute atomic E-state index is 6.72. The molecule has 5 heteroatoms. The number of hydrogen-bond acceptors (Lipinski definition) is 4. The van der Waals surface area contributed by atoms with Gasteiger partial charge in [0.1, 0.15) is 17.0 Å². The molecule has 0 fully saturated rings. The molecular formula is C64H42N4O. The summed E-state index contributed by atoms with van der Waals surface area (Å²) in [6.45, 7) is 0. The zero-order valence-electron chi connectivity index (χ0n) is 37.5. The second kappa shape index (κ2) is 16.9. The molecule has 0 N–H and O–H groups in total. The molecule has 13 rings (SSSR count). The highest BCUT2D eigenvalue weighted by molar-refractivity contribution is 6.24. The van der Waals surface area contributed by atoms with Gasteiger partial charge in [-0.15, -0.1) is 0 Å². The average Bonchev–Trinajstić information content (AvgIpc) is 3.97. The Bertz CT molecular complexity index is 3900. The van der Waals surface area contributed by atoms with Crippen LogP contribution in [0.2, 0.25) is 0 Å². The van der Waals surface area contributed by atoms with Gasteiger partial charge in [0, 0.05) is 39.4 Å². The Morgan fingerprint density at radius 3 is 1.55 bits per heavy atom. The monoisotopic (exact) mass is 882 g/mol. The Balaban J connectivity index is 1.06. The van der Waals surface area contributed by atoms with Crippen LogP contribution in [0.1, 0.15) is 11.4 Å². The van der Waals surface area contributed by atoms with Crippen molar-refractivity contribution in [1.82, 2.24) is 19.5 Å². The zero-order valence-corrected chi connectivity index (χ0v) is 37.5. The molecule has 0 aliphatic heterocycles. The summed E-state index contributed by atoms with van der Waals surface area (Å²) < 4.78 is 9.11. The van der Waals surface area contributed by atoms with E-state index in [0.29, 0.717) is 23.9 Å². The second-order valence-electron chi connectivity index (χ2n) is 17.5. The molecule has 324 valence electrons. The summed E-state index contributed by atoms with van der Waals surface area (Å²) in [6.07, 6.45) is 0.455. The first-order valence-corrected chi connectivity index (χ1v) is 23.4. The minimum atomic E-state index is 0.455. The van der Waals surface area contributed by atoms with Gasteiger partial charge in [-0.2, -0.15) is 0 Å². The van der Waals surface area contributed by atoms with Crippen molar-refractivity contribution < 1.29 is 4.42 Å². The maximum Gasteiger partial charge on any atom is 0.163 e. The molecule has 3 heterocycles. The fraction of sp³-hybridized carbons (Fsp3) is 0.0156. The average molecular weight is 883 g/mol. The number of benzene rings is 10. The first-order chi connectivity index (χ1) is 34.2. The molecule has 0 amide bonds. The Morgan fingerprint density at radius 1 is 0.362 bits per heavy atom. The van der Waals surface area contributed by atoms with Crippen LogP contribution < -0.4 is 0 Å². The summed E-state index contributed by atoms with van der Waals surface area (Å²) in [6, 6.07) is 85.6. The summed E-state index contributed by atoms with van der Waals surface area (Å²) in [4.78, 5) is 15.5. The Kier molecular flexibility index (Phi) is 9.83. The first-order valence-electron chi connectivity index (χ1n) is 23.4. The van der Waals surface area contributed by atoms with Crippen LogP contribution in [-0.2, 0) is 6.42 Å². The van der Waals surface area contributed by atoms with Gasteiger partial charge in [0.25, 0.3) is 0 Å². The first kappa shape index (κ1) is 40.1. The number of hydrogen-bond donors (Lipinski definition) is 0. The maximum atomic E-state index is 6.72. The number of nitrogens with zero attached hydrogens (tertiary/aromatic N) is 4. The van der Waals surface area contributed by atoms with E-state index in [1.807, 2.05) is 36.4 Å². The number of rotatable bonds is 9. The van der Waals surface area contributed by atoms with E-state index in [4.69, 9.17) is 19.4 Å². The minimum absolute atomic E-state index is 0.455. The Morgan fingerprint density at radius 2 is 0.913 bits per heavy atom. The molecule has 0 saturated carbocycles. The molecular weight excluding hydrogens is 841 g/mol. The van der Waals surface area contributed by atoms with Crippen LogP contribution in [0.3, 0.4) is 0 Å². The molecule has 0 aliphatic rings. The van der Waals surface area contributed by atoms with Gasteiger partial charge in [0.05, 0.1) is 16.4 Å². The number of fused-ring (bicyclic) bond motifs is 7.